The summed E-state index contributed by atoms with van der Waals surface area (Å²) in [6, 6.07) is 1.64. The summed E-state index contributed by atoms with van der Waals surface area (Å²) in [5, 5.41) is 9.58. The number of rotatable bonds is 3. The molecule has 6 heteroatoms. The van der Waals surface area contributed by atoms with Crippen LogP contribution in [-0.2, 0) is 4.74 Å². The van der Waals surface area contributed by atoms with E-state index >= 15 is 0 Å². The van der Waals surface area contributed by atoms with Crippen LogP contribution in [0.2, 0.25) is 0 Å². The quantitative estimate of drug-likeness (QED) is 0.859. The van der Waals surface area contributed by atoms with Gasteiger partial charge in [-0.25, -0.2) is 4.79 Å². The number of nitrogens with zero attached hydrogens (tertiary/aromatic N) is 2. The van der Waals surface area contributed by atoms with Crippen LogP contribution in [0.25, 0.3) is 0 Å². The lowest BCUT2D eigenvalue weighted by Crippen LogP contribution is -2.38. The molecule has 1 saturated heterocycles. The zero-order valence-corrected chi connectivity index (χ0v) is 10.6. The molecule has 0 radical (unpaired) electrons. The molecular weight excluding hydrogens is 236 g/mol. The van der Waals surface area contributed by atoms with Crippen molar-refractivity contribution in [2.24, 2.45) is 0 Å². The van der Waals surface area contributed by atoms with Gasteiger partial charge in [-0.05, 0) is 26.7 Å². The number of aromatic nitrogens is 2. The Balaban J connectivity index is 2.16. The Kier molecular flexibility index (Phi) is 3.98. The van der Waals surface area contributed by atoms with E-state index in [0.717, 1.165) is 0 Å². The molecule has 100 valence electrons. The van der Waals surface area contributed by atoms with Gasteiger partial charge in [-0.1, -0.05) is 0 Å². The van der Waals surface area contributed by atoms with Crippen molar-refractivity contribution in [2.45, 2.75) is 45.1 Å². The predicted molar refractivity (Wildman–Crippen MR) is 64.5 cm³/mol. The van der Waals surface area contributed by atoms with Gasteiger partial charge in [0.15, 0.2) is 0 Å². The van der Waals surface area contributed by atoms with E-state index in [4.69, 9.17) is 9.47 Å². The van der Waals surface area contributed by atoms with Crippen LogP contribution in [0.1, 0.15) is 32.9 Å². The first kappa shape index (κ1) is 13.0. The molecule has 18 heavy (non-hydrogen) atoms. The molecule has 1 fully saturated rings. The molecule has 0 aromatic carbocycles. The summed E-state index contributed by atoms with van der Waals surface area (Å²) in [7, 11) is 0. The maximum atomic E-state index is 11.8. The summed E-state index contributed by atoms with van der Waals surface area (Å²) < 4.78 is 12.2. The summed E-state index contributed by atoms with van der Waals surface area (Å²) in [4.78, 5) is 15.7. The minimum atomic E-state index is -0.465. The molecule has 2 heterocycles. The van der Waals surface area contributed by atoms with Gasteiger partial charge in [0.2, 0.25) is 5.88 Å². The smallest absolute Gasteiger partial charge is 0.352 e. The fraction of sp³-hybridized carbons (Fsp3) is 0.667. The van der Waals surface area contributed by atoms with Gasteiger partial charge >= 0.3 is 5.69 Å². The fourth-order valence-electron chi connectivity index (χ4n) is 2.00. The third-order valence-corrected chi connectivity index (χ3v) is 3.03. The molecule has 1 aromatic rings. The van der Waals surface area contributed by atoms with Crippen molar-refractivity contribution in [1.29, 1.82) is 0 Å². The maximum Gasteiger partial charge on any atom is 0.352 e. The molecule has 3 atom stereocenters. The standard InChI is InChI=1S/C12H18N2O4/c1-3-17-10-6-7-14(12(16)13-10)11-5-4-9(15)8(2)18-11/h6-9,11,15H,3-5H2,1-2H3/t8-,9-,11-/m0/s1. The van der Waals surface area contributed by atoms with Gasteiger partial charge in [0.25, 0.3) is 0 Å². The Morgan fingerprint density at radius 2 is 2.39 bits per heavy atom. The Morgan fingerprint density at radius 3 is 3.00 bits per heavy atom. The van der Waals surface area contributed by atoms with E-state index < -0.39 is 11.8 Å². The van der Waals surface area contributed by atoms with Crippen molar-refractivity contribution < 1.29 is 14.6 Å². The van der Waals surface area contributed by atoms with Gasteiger partial charge in [-0.2, -0.15) is 4.98 Å². The third-order valence-electron chi connectivity index (χ3n) is 3.03. The van der Waals surface area contributed by atoms with Crippen LogP contribution < -0.4 is 10.4 Å². The van der Waals surface area contributed by atoms with Gasteiger partial charge in [-0.3, -0.25) is 4.57 Å². The van der Waals surface area contributed by atoms with E-state index in [9.17, 15) is 9.90 Å². The van der Waals surface area contributed by atoms with Crippen LogP contribution in [0.4, 0.5) is 0 Å². The van der Waals surface area contributed by atoms with E-state index in [1.165, 1.54) is 4.57 Å². The minimum absolute atomic E-state index is 0.276. The zero-order chi connectivity index (χ0) is 13.1. The summed E-state index contributed by atoms with van der Waals surface area (Å²) >= 11 is 0. The highest BCUT2D eigenvalue weighted by Gasteiger charge is 2.28. The molecule has 0 spiro atoms. The second-order valence-electron chi connectivity index (χ2n) is 4.33. The fourth-order valence-corrected chi connectivity index (χ4v) is 2.00. The van der Waals surface area contributed by atoms with Gasteiger partial charge in [0.05, 0.1) is 18.8 Å². The SMILES string of the molecule is CCOc1ccn([C@@H]2CC[C@H](O)[C@H](C)O2)c(=O)n1. The molecule has 0 saturated carbocycles. The number of aliphatic hydroxyl groups is 1. The molecule has 1 aromatic heterocycles. The highest BCUT2D eigenvalue weighted by atomic mass is 16.5. The number of ether oxygens (including phenoxy) is 2. The first-order chi connectivity index (χ1) is 8.61. The monoisotopic (exact) mass is 254 g/mol. The summed E-state index contributed by atoms with van der Waals surface area (Å²) in [6.07, 6.45) is 1.73. The Morgan fingerprint density at radius 1 is 1.61 bits per heavy atom. The van der Waals surface area contributed by atoms with Crippen LogP contribution >= 0.6 is 0 Å². The van der Waals surface area contributed by atoms with Crippen molar-refractivity contribution in [3.8, 4) is 5.88 Å². The summed E-state index contributed by atoms with van der Waals surface area (Å²) in [5.41, 5.74) is -0.394. The zero-order valence-electron chi connectivity index (χ0n) is 10.6. The Hall–Kier alpha value is -1.40. The molecule has 6 nitrogen and oxygen atoms in total. The lowest BCUT2D eigenvalue weighted by Gasteiger charge is -2.32. The minimum Gasteiger partial charge on any atom is -0.478 e. The van der Waals surface area contributed by atoms with Crippen molar-refractivity contribution in [3.05, 3.63) is 22.7 Å². The first-order valence-electron chi connectivity index (χ1n) is 6.17. The maximum absolute atomic E-state index is 11.8. The molecule has 0 aliphatic carbocycles. The molecular formula is C12H18N2O4. The average Bonchev–Trinajstić information content (AvgIpc) is 2.34. The average molecular weight is 254 g/mol. The van der Waals surface area contributed by atoms with Crippen LogP contribution in [0.15, 0.2) is 17.1 Å². The van der Waals surface area contributed by atoms with E-state index in [0.29, 0.717) is 25.3 Å². The lowest BCUT2D eigenvalue weighted by molar-refractivity contribution is -0.139. The van der Waals surface area contributed by atoms with Crippen molar-refractivity contribution in [3.63, 3.8) is 0 Å². The molecule has 0 unspecified atom stereocenters. The lowest BCUT2D eigenvalue weighted by atomic mass is 10.1. The topological polar surface area (TPSA) is 73.6 Å². The highest BCUT2D eigenvalue weighted by molar-refractivity contribution is 5.06. The Labute approximate surface area is 105 Å². The molecule has 1 N–H and O–H groups in total. The van der Waals surface area contributed by atoms with E-state index in [1.54, 1.807) is 19.2 Å². The second kappa shape index (κ2) is 5.49. The summed E-state index contributed by atoms with van der Waals surface area (Å²) in [6.45, 7) is 4.10. The van der Waals surface area contributed by atoms with Crippen molar-refractivity contribution in [1.82, 2.24) is 9.55 Å². The van der Waals surface area contributed by atoms with Crippen molar-refractivity contribution >= 4 is 0 Å². The number of hydrogen-bond donors (Lipinski definition) is 1. The van der Waals surface area contributed by atoms with Crippen LogP contribution in [0, 0.1) is 0 Å². The van der Waals surface area contributed by atoms with Crippen molar-refractivity contribution in [2.75, 3.05) is 6.61 Å². The predicted octanol–water partition coefficient (Wildman–Crippen LogP) is 0.700. The highest BCUT2D eigenvalue weighted by Crippen LogP contribution is 2.25. The first-order valence-corrected chi connectivity index (χ1v) is 6.17. The normalized spacial score (nSPS) is 28.1. The van der Waals surface area contributed by atoms with Crippen LogP contribution in [-0.4, -0.2) is 33.5 Å². The van der Waals surface area contributed by atoms with E-state index in [2.05, 4.69) is 4.98 Å². The van der Waals surface area contributed by atoms with E-state index in [1.807, 2.05) is 6.92 Å². The second-order valence-corrected chi connectivity index (χ2v) is 4.33. The molecule has 1 aliphatic heterocycles. The van der Waals surface area contributed by atoms with Gasteiger partial charge in [0.1, 0.15) is 6.23 Å². The third kappa shape index (κ3) is 2.70. The van der Waals surface area contributed by atoms with Crippen LogP contribution in [0.5, 0.6) is 5.88 Å². The van der Waals surface area contributed by atoms with Gasteiger partial charge in [0, 0.05) is 12.3 Å². The summed E-state index contributed by atoms with van der Waals surface area (Å²) in [5.74, 6) is 0.322. The molecule has 1 aliphatic rings. The van der Waals surface area contributed by atoms with Crippen LogP contribution in [0.3, 0.4) is 0 Å². The van der Waals surface area contributed by atoms with Gasteiger partial charge in [-0.15, -0.1) is 0 Å². The largest absolute Gasteiger partial charge is 0.478 e. The number of aliphatic hydroxyl groups excluding tert-OH is 1. The molecule has 0 bridgehead atoms. The number of hydrogen-bond acceptors (Lipinski definition) is 5. The molecule has 2 rings (SSSR count). The Bertz CT molecular complexity index is 460. The van der Waals surface area contributed by atoms with E-state index in [-0.39, 0.29) is 12.3 Å². The molecule has 0 amide bonds. The van der Waals surface area contributed by atoms with Gasteiger partial charge < -0.3 is 14.6 Å².